The van der Waals surface area contributed by atoms with Crippen LogP contribution in [-0.2, 0) is 0 Å². The Bertz CT molecular complexity index is 963. The molecule has 4 rings (SSSR count). The van der Waals surface area contributed by atoms with Crippen molar-refractivity contribution in [3.63, 3.8) is 0 Å². The lowest BCUT2D eigenvalue weighted by molar-refractivity contribution is 1.40. The highest BCUT2D eigenvalue weighted by molar-refractivity contribution is 6.34. The van der Waals surface area contributed by atoms with Crippen LogP contribution in [0, 0.1) is 0 Å². The zero-order valence-electron chi connectivity index (χ0n) is 12.4. The first-order valence-corrected chi connectivity index (χ1v) is 7.91. The van der Waals surface area contributed by atoms with E-state index in [0.29, 0.717) is 5.15 Å². The van der Waals surface area contributed by atoms with Crippen LogP contribution in [-0.4, -0.2) is 4.98 Å². The molecule has 2 heteroatoms. The van der Waals surface area contributed by atoms with E-state index >= 15 is 0 Å². The van der Waals surface area contributed by atoms with Crippen LogP contribution >= 0.6 is 11.6 Å². The van der Waals surface area contributed by atoms with Crippen LogP contribution < -0.4 is 0 Å². The van der Waals surface area contributed by atoms with E-state index in [2.05, 4.69) is 35.3 Å². The summed E-state index contributed by atoms with van der Waals surface area (Å²) >= 11 is 6.58. The second kappa shape index (κ2) is 5.86. The van der Waals surface area contributed by atoms with Crippen LogP contribution in [0.25, 0.3) is 33.2 Å². The average Bonchev–Trinajstić information content (AvgIpc) is 2.62. The van der Waals surface area contributed by atoms with Gasteiger partial charge < -0.3 is 0 Å². The van der Waals surface area contributed by atoms with Gasteiger partial charge in [0.1, 0.15) is 5.15 Å². The summed E-state index contributed by atoms with van der Waals surface area (Å²) in [6, 6.07) is 28.7. The molecule has 0 bridgehead atoms. The number of pyridine rings is 1. The van der Waals surface area contributed by atoms with Gasteiger partial charge in [-0.3, -0.25) is 0 Å². The van der Waals surface area contributed by atoms with E-state index < -0.39 is 0 Å². The summed E-state index contributed by atoms with van der Waals surface area (Å²) < 4.78 is 0. The second-order valence-corrected chi connectivity index (χ2v) is 5.76. The monoisotopic (exact) mass is 315 g/mol. The van der Waals surface area contributed by atoms with Crippen molar-refractivity contribution in [2.75, 3.05) is 0 Å². The van der Waals surface area contributed by atoms with Crippen molar-refractivity contribution in [2.45, 2.75) is 0 Å². The molecule has 1 nitrogen and oxygen atoms in total. The summed E-state index contributed by atoms with van der Waals surface area (Å²) in [5.41, 5.74) is 5.25. The molecule has 0 unspecified atom stereocenters. The maximum Gasteiger partial charge on any atom is 0.138 e. The predicted octanol–water partition coefficient (Wildman–Crippen LogP) is 6.22. The Morgan fingerprint density at radius 3 is 1.74 bits per heavy atom. The van der Waals surface area contributed by atoms with Gasteiger partial charge in [0.05, 0.1) is 5.52 Å². The lowest BCUT2D eigenvalue weighted by atomic mass is 9.92. The smallest absolute Gasteiger partial charge is 0.138 e. The molecule has 0 spiro atoms. The van der Waals surface area contributed by atoms with Crippen LogP contribution in [0.2, 0.25) is 5.15 Å². The quantitative estimate of drug-likeness (QED) is 0.400. The maximum atomic E-state index is 6.58. The molecule has 0 atom stereocenters. The van der Waals surface area contributed by atoms with Crippen molar-refractivity contribution in [1.29, 1.82) is 0 Å². The number of benzene rings is 3. The molecule has 0 saturated carbocycles. The fourth-order valence-corrected chi connectivity index (χ4v) is 3.25. The average molecular weight is 316 g/mol. The molecule has 0 amide bonds. The van der Waals surface area contributed by atoms with E-state index in [4.69, 9.17) is 11.6 Å². The van der Waals surface area contributed by atoms with E-state index in [1.54, 1.807) is 0 Å². The van der Waals surface area contributed by atoms with E-state index in [1.807, 2.05) is 54.6 Å². The van der Waals surface area contributed by atoms with Gasteiger partial charge in [0.15, 0.2) is 0 Å². The first kappa shape index (κ1) is 14.0. The molecule has 4 aromatic rings. The van der Waals surface area contributed by atoms with Crippen molar-refractivity contribution in [3.8, 4) is 22.3 Å². The van der Waals surface area contributed by atoms with E-state index in [9.17, 15) is 0 Å². The number of rotatable bonds is 2. The van der Waals surface area contributed by atoms with Crippen LogP contribution in [0.4, 0.5) is 0 Å². The Hall–Kier alpha value is -2.64. The van der Waals surface area contributed by atoms with E-state index in [-0.39, 0.29) is 0 Å². The zero-order valence-corrected chi connectivity index (χ0v) is 13.2. The Morgan fingerprint density at radius 1 is 0.565 bits per heavy atom. The van der Waals surface area contributed by atoms with Crippen LogP contribution in [0.3, 0.4) is 0 Å². The standard InChI is InChI=1S/C21H14ClN/c22-21-20(16-11-5-2-6-12-16)19(15-9-3-1-4-10-15)17-13-7-8-14-18(17)23-21/h1-14H. The molecule has 0 saturated heterocycles. The molecule has 0 radical (unpaired) electrons. The molecule has 0 N–H and O–H groups in total. The molecule has 3 aromatic carbocycles. The third-order valence-electron chi connectivity index (χ3n) is 3.97. The third-order valence-corrected chi connectivity index (χ3v) is 4.25. The number of nitrogens with zero attached hydrogens (tertiary/aromatic N) is 1. The van der Waals surface area contributed by atoms with Gasteiger partial charge in [0.25, 0.3) is 0 Å². The molecule has 1 heterocycles. The van der Waals surface area contributed by atoms with Gasteiger partial charge in [-0.1, -0.05) is 90.5 Å². The first-order chi connectivity index (χ1) is 11.3. The molecule has 110 valence electrons. The normalized spacial score (nSPS) is 10.8. The second-order valence-electron chi connectivity index (χ2n) is 5.40. The van der Waals surface area contributed by atoms with Crippen molar-refractivity contribution >= 4 is 22.5 Å². The molecular formula is C21H14ClN. The fourth-order valence-electron chi connectivity index (χ4n) is 2.95. The summed E-state index contributed by atoms with van der Waals surface area (Å²) in [6.45, 7) is 0. The largest absolute Gasteiger partial charge is 0.235 e. The van der Waals surface area contributed by atoms with Gasteiger partial charge in [-0.15, -0.1) is 0 Å². The topological polar surface area (TPSA) is 12.9 Å². The van der Waals surface area contributed by atoms with Crippen LogP contribution in [0.15, 0.2) is 84.9 Å². The van der Waals surface area contributed by atoms with Gasteiger partial charge in [-0.2, -0.15) is 0 Å². The minimum atomic E-state index is 0.536. The van der Waals surface area contributed by atoms with Crippen molar-refractivity contribution < 1.29 is 0 Å². The van der Waals surface area contributed by atoms with Crippen molar-refractivity contribution in [2.24, 2.45) is 0 Å². The molecular weight excluding hydrogens is 302 g/mol. The van der Waals surface area contributed by atoms with Crippen LogP contribution in [0.1, 0.15) is 0 Å². The molecule has 23 heavy (non-hydrogen) atoms. The summed E-state index contributed by atoms with van der Waals surface area (Å²) in [4.78, 5) is 4.60. The van der Waals surface area contributed by atoms with Gasteiger partial charge in [-0.05, 0) is 17.2 Å². The Morgan fingerprint density at radius 2 is 1.09 bits per heavy atom. The van der Waals surface area contributed by atoms with Gasteiger partial charge >= 0.3 is 0 Å². The number of para-hydroxylation sites is 1. The SMILES string of the molecule is Clc1nc2ccccc2c(-c2ccccc2)c1-c1ccccc1. The highest BCUT2D eigenvalue weighted by atomic mass is 35.5. The highest BCUT2D eigenvalue weighted by Gasteiger charge is 2.16. The lowest BCUT2D eigenvalue weighted by Crippen LogP contribution is -1.92. The van der Waals surface area contributed by atoms with Crippen molar-refractivity contribution in [1.82, 2.24) is 4.98 Å². The zero-order chi connectivity index (χ0) is 15.6. The highest BCUT2D eigenvalue weighted by Crippen LogP contribution is 2.41. The predicted molar refractivity (Wildman–Crippen MR) is 97.6 cm³/mol. The fraction of sp³-hybridized carbons (Fsp3) is 0. The molecule has 0 fully saturated rings. The summed E-state index contributed by atoms with van der Waals surface area (Å²) in [6.07, 6.45) is 0. The number of hydrogen-bond acceptors (Lipinski definition) is 1. The third kappa shape index (κ3) is 2.49. The number of fused-ring (bicyclic) bond motifs is 1. The van der Waals surface area contributed by atoms with E-state index in [1.165, 1.54) is 0 Å². The van der Waals surface area contributed by atoms with Crippen LogP contribution in [0.5, 0.6) is 0 Å². The Balaban J connectivity index is 2.15. The first-order valence-electron chi connectivity index (χ1n) is 7.53. The number of halogens is 1. The minimum absolute atomic E-state index is 0.536. The molecule has 0 aliphatic carbocycles. The van der Waals surface area contributed by atoms with E-state index in [0.717, 1.165) is 33.2 Å². The van der Waals surface area contributed by atoms with Gasteiger partial charge in [0, 0.05) is 16.5 Å². The molecule has 1 aromatic heterocycles. The maximum absolute atomic E-state index is 6.58. The van der Waals surface area contributed by atoms with Crippen molar-refractivity contribution in [3.05, 3.63) is 90.1 Å². The Kier molecular flexibility index (Phi) is 3.57. The summed E-state index contributed by atoms with van der Waals surface area (Å²) in [7, 11) is 0. The molecule has 0 aliphatic heterocycles. The minimum Gasteiger partial charge on any atom is -0.235 e. The number of hydrogen-bond donors (Lipinski definition) is 0. The molecule has 0 aliphatic rings. The van der Waals surface area contributed by atoms with Gasteiger partial charge in [-0.25, -0.2) is 4.98 Å². The Labute approximate surface area is 140 Å². The number of aromatic nitrogens is 1. The lowest BCUT2D eigenvalue weighted by Gasteiger charge is -2.15. The summed E-state index contributed by atoms with van der Waals surface area (Å²) in [5, 5.41) is 1.65. The van der Waals surface area contributed by atoms with Gasteiger partial charge in [0.2, 0.25) is 0 Å². The summed E-state index contributed by atoms with van der Waals surface area (Å²) in [5.74, 6) is 0.